The lowest BCUT2D eigenvalue weighted by Gasteiger charge is -2.29. The fourth-order valence-electron chi connectivity index (χ4n) is 2.16. The Morgan fingerprint density at radius 3 is 2.33 bits per heavy atom. The molecule has 1 aliphatic rings. The third-order valence-corrected chi connectivity index (χ3v) is 3.78. The number of hydrogen-bond donors (Lipinski definition) is 0. The summed E-state index contributed by atoms with van der Waals surface area (Å²) in [5, 5.41) is 0. The molecule has 0 bridgehead atoms. The first-order chi connectivity index (χ1) is 7.08. The average Bonchev–Trinajstić information content (AvgIpc) is 2.19. The largest absolute Gasteiger partial charge is 0.248 e. The van der Waals surface area contributed by atoms with Crippen LogP contribution < -0.4 is 0 Å². The van der Waals surface area contributed by atoms with Crippen molar-refractivity contribution in [3.63, 3.8) is 0 Å². The molecule has 82 valence electrons. The van der Waals surface area contributed by atoms with Crippen LogP contribution >= 0.6 is 15.9 Å². The van der Waals surface area contributed by atoms with Crippen molar-refractivity contribution in [1.82, 2.24) is 0 Å². The summed E-state index contributed by atoms with van der Waals surface area (Å²) in [6, 6.07) is 7.91. The molecule has 1 aromatic rings. The van der Waals surface area contributed by atoms with Crippen molar-refractivity contribution in [3.05, 3.63) is 34.3 Å². The summed E-state index contributed by atoms with van der Waals surface area (Å²) in [7, 11) is 0. The van der Waals surface area contributed by atoms with E-state index in [1.54, 1.807) is 0 Å². The van der Waals surface area contributed by atoms with Gasteiger partial charge in [0.05, 0.1) is 0 Å². The fraction of sp³-hybridized carbons (Fsp3) is 0.500. The lowest BCUT2D eigenvalue weighted by molar-refractivity contribution is -0.0382. The van der Waals surface area contributed by atoms with Gasteiger partial charge in [0.1, 0.15) is 0 Å². The number of alkyl halides is 2. The standard InChI is InChI=1S/C12H13BrF2/c13-11-4-2-1-3-10(11)9-5-7-12(14,15)8-6-9/h1-4,9H,5-8H2. The molecule has 0 atom stereocenters. The molecular weight excluding hydrogens is 262 g/mol. The molecule has 0 N–H and O–H groups in total. The molecular formula is C12H13BrF2. The van der Waals surface area contributed by atoms with Crippen LogP contribution in [0.25, 0.3) is 0 Å². The molecule has 0 heterocycles. The van der Waals surface area contributed by atoms with Gasteiger partial charge in [-0.2, -0.15) is 0 Å². The Morgan fingerprint density at radius 2 is 1.73 bits per heavy atom. The minimum Gasteiger partial charge on any atom is -0.207 e. The normalized spacial score (nSPS) is 21.5. The van der Waals surface area contributed by atoms with Crippen molar-refractivity contribution in [1.29, 1.82) is 0 Å². The Hall–Kier alpha value is -0.440. The molecule has 0 aliphatic heterocycles. The Labute approximate surface area is 96.8 Å². The van der Waals surface area contributed by atoms with Crippen LogP contribution in [0.15, 0.2) is 28.7 Å². The van der Waals surface area contributed by atoms with Gasteiger partial charge in [-0.05, 0) is 30.4 Å². The van der Waals surface area contributed by atoms with E-state index >= 15 is 0 Å². The smallest absolute Gasteiger partial charge is 0.207 e. The number of hydrogen-bond acceptors (Lipinski definition) is 0. The second-order valence-electron chi connectivity index (χ2n) is 4.15. The predicted octanol–water partition coefficient (Wildman–Crippen LogP) is 4.74. The lowest BCUT2D eigenvalue weighted by Crippen LogP contribution is -2.23. The summed E-state index contributed by atoms with van der Waals surface area (Å²) in [5.41, 5.74) is 1.17. The topological polar surface area (TPSA) is 0 Å². The van der Waals surface area contributed by atoms with Crippen LogP contribution in [-0.4, -0.2) is 5.92 Å². The summed E-state index contributed by atoms with van der Waals surface area (Å²) in [4.78, 5) is 0. The van der Waals surface area contributed by atoms with Gasteiger partial charge in [0.25, 0.3) is 0 Å². The number of halogens is 3. The molecule has 0 aromatic heterocycles. The van der Waals surface area contributed by atoms with Gasteiger partial charge in [-0.1, -0.05) is 34.1 Å². The van der Waals surface area contributed by atoms with E-state index in [4.69, 9.17) is 0 Å². The van der Waals surface area contributed by atoms with Gasteiger partial charge in [0.2, 0.25) is 5.92 Å². The Kier molecular flexibility index (Phi) is 3.10. The van der Waals surface area contributed by atoms with E-state index in [0.29, 0.717) is 18.8 Å². The van der Waals surface area contributed by atoms with Crippen molar-refractivity contribution >= 4 is 15.9 Å². The van der Waals surface area contributed by atoms with Crippen molar-refractivity contribution in [3.8, 4) is 0 Å². The highest BCUT2D eigenvalue weighted by Crippen LogP contribution is 2.42. The second kappa shape index (κ2) is 4.20. The van der Waals surface area contributed by atoms with Crippen molar-refractivity contribution < 1.29 is 8.78 Å². The van der Waals surface area contributed by atoms with E-state index in [1.807, 2.05) is 24.3 Å². The molecule has 2 rings (SSSR count). The predicted molar refractivity (Wildman–Crippen MR) is 60.3 cm³/mol. The third kappa shape index (κ3) is 2.57. The molecule has 0 amide bonds. The summed E-state index contributed by atoms with van der Waals surface area (Å²) in [6.07, 6.45) is 1.24. The zero-order valence-electron chi connectivity index (χ0n) is 8.35. The molecule has 1 fully saturated rings. The highest BCUT2D eigenvalue weighted by Gasteiger charge is 2.35. The van der Waals surface area contributed by atoms with Crippen LogP contribution in [0.4, 0.5) is 8.78 Å². The van der Waals surface area contributed by atoms with E-state index < -0.39 is 5.92 Å². The van der Waals surface area contributed by atoms with E-state index in [-0.39, 0.29) is 12.8 Å². The van der Waals surface area contributed by atoms with Crippen LogP contribution in [0.2, 0.25) is 0 Å². The maximum atomic E-state index is 13.0. The van der Waals surface area contributed by atoms with Gasteiger partial charge in [0.15, 0.2) is 0 Å². The Morgan fingerprint density at radius 1 is 1.13 bits per heavy atom. The molecule has 0 saturated heterocycles. The summed E-state index contributed by atoms with van der Waals surface area (Å²) in [5.74, 6) is -2.14. The quantitative estimate of drug-likeness (QED) is 0.694. The van der Waals surface area contributed by atoms with E-state index in [2.05, 4.69) is 15.9 Å². The first-order valence-corrected chi connectivity index (χ1v) is 6.00. The molecule has 1 aliphatic carbocycles. The van der Waals surface area contributed by atoms with Crippen molar-refractivity contribution in [2.75, 3.05) is 0 Å². The highest BCUT2D eigenvalue weighted by atomic mass is 79.9. The molecule has 0 spiro atoms. The molecule has 0 nitrogen and oxygen atoms in total. The maximum absolute atomic E-state index is 13.0. The monoisotopic (exact) mass is 274 g/mol. The van der Waals surface area contributed by atoms with Crippen LogP contribution in [-0.2, 0) is 0 Å². The SMILES string of the molecule is FC1(F)CCC(c2ccccc2Br)CC1. The van der Waals surface area contributed by atoms with Gasteiger partial charge in [-0.3, -0.25) is 0 Å². The molecule has 1 aromatic carbocycles. The summed E-state index contributed by atoms with van der Waals surface area (Å²) < 4.78 is 27.0. The minimum absolute atomic E-state index is 0.0268. The molecule has 15 heavy (non-hydrogen) atoms. The summed E-state index contributed by atoms with van der Waals surface area (Å²) >= 11 is 3.47. The van der Waals surface area contributed by atoms with Crippen LogP contribution in [0.3, 0.4) is 0 Å². The molecule has 0 radical (unpaired) electrons. The van der Waals surface area contributed by atoms with Crippen LogP contribution in [0.1, 0.15) is 37.2 Å². The fourth-order valence-corrected chi connectivity index (χ4v) is 2.77. The van der Waals surface area contributed by atoms with Crippen molar-refractivity contribution in [2.24, 2.45) is 0 Å². The number of rotatable bonds is 1. The second-order valence-corrected chi connectivity index (χ2v) is 5.01. The minimum atomic E-state index is -2.43. The lowest BCUT2D eigenvalue weighted by atomic mass is 9.82. The van der Waals surface area contributed by atoms with Gasteiger partial charge < -0.3 is 0 Å². The molecule has 3 heteroatoms. The zero-order chi connectivity index (χ0) is 10.9. The van der Waals surface area contributed by atoms with Gasteiger partial charge in [0, 0.05) is 17.3 Å². The number of benzene rings is 1. The average molecular weight is 275 g/mol. The van der Waals surface area contributed by atoms with Gasteiger partial charge >= 0.3 is 0 Å². The molecule has 0 unspecified atom stereocenters. The molecule has 1 saturated carbocycles. The van der Waals surface area contributed by atoms with E-state index in [1.165, 1.54) is 5.56 Å². The Balaban J connectivity index is 2.11. The van der Waals surface area contributed by atoms with Crippen LogP contribution in [0.5, 0.6) is 0 Å². The third-order valence-electron chi connectivity index (χ3n) is 3.06. The Bertz CT molecular complexity index is 339. The van der Waals surface area contributed by atoms with Crippen molar-refractivity contribution in [2.45, 2.75) is 37.5 Å². The van der Waals surface area contributed by atoms with Gasteiger partial charge in [-0.25, -0.2) is 8.78 Å². The zero-order valence-corrected chi connectivity index (χ0v) is 9.94. The van der Waals surface area contributed by atoms with E-state index in [0.717, 1.165) is 4.47 Å². The summed E-state index contributed by atoms with van der Waals surface area (Å²) in [6.45, 7) is 0. The van der Waals surface area contributed by atoms with E-state index in [9.17, 15) is 8.78 Å². The first kappa shape index (κ1) is 11.1. The van der Waals surface area contributed by atoms with Crippen LogP contribution in [0, 0.1) is 0 Å². The maximum Gasteiger partial charge on any atom is 0.248 e. The first-order valence-electron chi connectivity index (χ1n) is 5.21. The van der Waals surface area contributed by atoms with Gasteiger partial charge in [-0.15, -0.1) is 0 Å². The highest BCUT2D eigenvalue weighted by molar-refractivity contribution is 9.10.